The van der Waals surface area contributed by atoms with Gasteiger partial charge >= 0.3 is 6.09 Å². The van der Waals surface area contributed by atoms with Crippen LogP contribution in [0.25, 0.3) is 26.4 Å². The number of carbonyl (C=O) groups is 2. The van der Waals surface area contributed by atoms with Crippen LogP contribution in [0.1, 0.15) is 62.4 Å². The summed E-state index contributed by atoms with van der Waals surface area (Å²) in [6.07, 6.45) is 6.50. The van der Waals surface area contributed by atoms with E-state index < -0.39 is 11.7 Å². The van der Waals surface area contributed by atoms with Crippen molar-refractivity contribution in [1.29, 1.82) is 0 Å². The summed E-state index contributed by atoms with van der Waals surface area (Å²) in [5.74, 6) is -0.0245. The van der Waals surface area contributed by atoms with Crippen LogP contribution in [0.2, 0.25) is 0 Å². The number of aromatic nitrogens is 2. The lowest BCUT2D eigenvalue weighted by Gasteiger charge is -2.26. The first-order chi connectivity index (χ1) is 18.7. The number of alkyl carbamates (subject to hydrolysis) is 1. The van der Waals surface area contributed by atoms with Gasteiger partial charge in [-0.1, -0.05) is 42.0 Å². The third-order valence-electron chi connectivity index (χ3n) is 6.83. The Bertz CT molecular complexity index is 1450. The summed E-state index contributed by atoms with van der Waals surface area (Å²) in [5.41, 5.74) is 4.06. The third-order valence-corrected chi connectivity index (χ3v) is 7.84. The maximum atomic E-state index is 12.7. The molecule has 9 heteroatoms. The molecule has 0 unspecified atom stereocenters. The number of hydrogen-bond donors (Lipinski definition) is 2. The van der Waals surface area contributed by atoms with Crippen LogP contribution in [0.3, 0.4) is 0 Å². The molecule has 0 radical (unpaired) electrons. The van der Waals surface area contributed by atoms with Crippen LogP contribution in [0.4, 0.5) is 4.79 Å². The Hall–Kier alpha value is -3.43. The fourth-order valence-electron chi connectivity index (χ4n) is 4.85. The lowest BCUT2D eigenvalue weighted by atomic mass is 10.1. The highest BCUT2D eigenvalue weighted by Gasteiger charge is 2.16. The quantitative estimate of drug-likeness (QED) is 0.270. The van der Waals surface area contributed by atoms with Gasteiger partial charge in [-0.3, -0.25) is 9.20 Å². The zero-order valence-corrected chi connectivity index (χ0v) is 23.8. The Morgan fingerprint density at radius 2 is 1.79 bits per heavy atom. The normalized spacial score (nSPS) is 14.5. The summed E-state index contributed by atoms with van der Waals surface area (Å²) in [7, 11) is 0. The Kier molecular flexibility index (Phi) is 8.18. The van der Waals surface area contributed by atoms with Crippen molar-refractivity contribution in [3.8, 4) is 11.3 Å². The maximum Gasteiger partial charge on any atom is 0.407 e. The predicted octanol–water partition coefficient (Wildman–Crippen LogP) is 5.85. The standard InChI is InChI=1S/C30H37N5O3S/c1-30(2,3)38-29(37)32-19-21-8-10-22(11-9-21)24-20-35-25-13-12-23(18-26(25)39-28(35)33-24)27(36)31-14-7-17-34-15-5-4-6-16-34/h8-13,18,20H,4-7,14-17,19H2,1-3H3,(H,31,36)(H,32,37). The van der Waals surface area contributed by atoms with Crippen molar-refractivity contribution in [3.63, 3.8) is 0 Å². The van der Waals surface area contributed by atoms with E-state index in [-0.39, 0.29) is 5.91 Å². The Morgan fingerprint density at radius 1 is 1.03 bits per heavy atom. The Morgan fingerprint density at radius 3 is 2.54 bits per heavy atom. The van der Waals surface area contributed by atoms with Crippen molar-refractivity contribution in [2.45, 2.75) is 58.6 Å². The molecule has 8 nitrogen and oxygen atoms in total. The molecule has 39 heavy (non-hydrogen) atoms. The van der Waals surface area contributed by atoms with Gasteiger partial charge in [-0.25, -0.2) is 9.78 Å². The number of hydrogen-bond acceptors (Lipinski definition) is 6. The molecule has 2 aromatic carbocycles. The molecule has 2 aromatic heterocycles. The fourth-order valence-corrected chi connectivity index (χ4v) is 5.90. The van der Waals surface area contributed by atoms with Gasteiger partial charge in [0.2, 0.25) is 0 Å². The summed E-state index contributed by atoms with van der Waals surface area (Å²) in [4.78, 5) is 32.8. The lowest BCUT2D eigenvalue weighted by Crippen LogP contribution is -2.33. The second kappa shape index (κ2) is 11.8. The Labute approximate surface area is 233 Å². The second-order valence-electron chi connectivity index (χ2n) is 11.1. The summed E-state index contributed by atoms with van der Waals surface area (Å²) in [6.45, 7) is 10.0. The molecule has 206 valence electrons. The number of ether oxygens (including phenoxy) is 1. The van der Waals surface area contributed by atoms with E-state index in [1.54, 1.807) is 11.3 Å². The van der Waals surface area contributed by atoms with Crippen molar-refractivity contribution in [2.24, 2.45) is 0 Å². The smallest absolute Gasteiger partial charge is 0.407 e. The number of imidazole rings is 1. The minimum Gasteiger partial charge on any atom is -0.444 e. The molecule has 1 fully saturated rings. The molecule has 2 N–H and O–H groups in total. The van der Waals surface area contributed by atoms with E-state index in [2.05, 4.69) is 19.9 Å². The van der Waals surface area contributed by atoms with Crippen molar-refractivity contribution >= 4 is 38.5 Å². The molecule has 3 heterocycles. The number of likely N-dealkylation sites (tertiary alicyclic amines) is 1. The van der Waals surface area contributed by atoms with Crippen LogP contribution >= 0.6 is 11.3 Å². The van der Waals surface area contributed by atoms with Crippen molar-refractivity contribution in [3.05, 3.63) is 59.8 Å². The number of benzene rings is 2. The van der Waals surface area contributed by atoms with Gasteiger partial charge in [-0.15, -0.1) is 0 Å². The summed E-state index contributed by atoms with van der Waals surface area (Å²) in [5, 5.41) is 5.86. The van der Waals surface area contributed by atoms with Gasteiger partial charge in [-0.05, 0) is 83.4 Å². The van der Waals surface area contributed by atoms with Crippen LogP contribution in [0, 0.1) is 0 Å². The average molecular weight is 548 g/mol. The van der Waals surface area contributed by atoms with Crippen molar-refractivity contribution in [1.82, 2.24) is 24.9 Å². The molecule has 1 saturated heterocycles. The molecule has 0 bridgehead atoms. The van der Waals surface area contributed by atoms with Gasteiger partial charge in [0.05, 0.1) is 15.9 Å². The molecule has 0 atom stereocenters. The monoisotopic (exact) mass is 547 g/mol. The van der Waals surface area contributed by atoms with Crippen LogP contribution in [-0.2, 0) is 11.3 Å². The molecule has 0 spiro atoms. The number of piperidine rings is 1. The van der Waals surface area contributed by atoms with E-state index in [1.165, 1.54) is 32.4 Å². The summed E-state index contributed by atoms with van der Waals surface area (Å²) < 4.78 is 8.40. The van der Waals surface area contributed by atoms with Crippen LogP contribution in [-0.4, -0.2) is 58.1 Å². The molecule has 2 amide bonds. The Balaban J connectivity index is 1.19. The molecular weight excluding hydrogens is 510 g/mol. The van der Waals surface area contributed by atoms with E-state index in [9.17, 15) is 9.59 Å². The van der Waals surface area contributed by atoms with Crippen LogP contribution in [0.5, 0.6) is 0 Å². The zero-order chi connectivity index (χ0) is 27.4. The zero-order valence-electron chi connectivity index (χ0n) is 23.0. The topological polar surface area (TPSA) is 88.0 Å². The van der Waals surface area contributed by atoms with Crippen LogP contribution in [0.15, 0.2) is 48.7 Å². The van der Waals surface area contributed by atoms with E-state index >= 15 is 0 Å². The van der Waals surface area contributed by atoms with Gasteiger partial charge < -0.3 is 20.3 Å². The van der Waals surface area contributed by atoms with E-state index in [0.29, 0.717) is 18.7 Å². The molecule has 5 rings (SSSR count). The van der Waals surface area contributed by atoms with Gasteiger partial charge in [0.25, 0.3) is 5.91 Å². The molecule has 0 aliphatic carbocycles. The molecule has 1 aliphatic rings. The minimum atomic E-state index is -0.521. The first-order valence-corrected chi connectivity index (χ1v) is 14.6. The van der Waals surface area contributed by atoms with E-state index in [4.69, 9.17) is 9.72 Å². The van der Waals surface area contributed by atoms with Crippen molar-refractivity contribution in [2.75, 3.05) is 26.2 Å². The number of fused-ring (bicyclic) bond motifs is 3. The highest BCUT2D eigenvalue weighted by Crippen LogP contribution is 2.30. The largest absolute Gasteiger partial charge is 0.444 e. The van der Waals surface area contributed by atoms with E-state index in [0.717, 1.165) is 45.0 Å². The maximum absolute atomic E-state index is 12.7. The van der Waals surface area contributed by atoms with Crippen LogP contribution < -0.4 is 10.6 Å². The van der Waals surface area contributed by atoms with Gasteiger partial charge in [0.1, 0.15) is 5.60 Å². The number of nitrogens with one attached hydrogen (secondary N) is 2. The highest BCUT2D eigenvalue weighted by molar-refractivity contribution is 7.23. The average Bonchev–Trinajstić information content (AvgIpc) is 3.47. The number of thiazole rings is 1. The van der Waals surface area contributed by atoms with Gasteiger partial charge in [0, 0.05) is 30.4 Å². The number of nitrogens with zero attached hydrogens (tertiary/aromatic N) is 3. The molecular formula is C30H37N5O3S. The molecule has 4 aromatic rings. The second-order valence-corrected chi connectivity index (χ2v) is 12.1. The van der Waals surface area contributed by atoms with Gasteiger partial charge in [0.15, 0.2) is 4.96 Å². The third kappa shape index (κ3) is 6.96. The summed E-state index contributed by atoms with van der Waals surface area (Å²) >= 11 is 1.58. The SMILES string of the molecule is CC(C)(C)OC(=O)NCc1ccc(-c2cn3c(n2)sc2cc(C(=O)NCCCN4CCCCC4)ccc23)cc1. The highest BCUT2D eigenvalue weighted by atomic mass is 32.1. The fraction of sp³-hybridized carbons (Fsp3) is 0.433. The number of rotatable bonds is 8. The predicted molar refractivity (Wildman–Crippen MR) is 156 cm³/mol. The molecule has 0 saturated carbocycles. The lowest BCUT2D eigenvalue weighted by molar-refractivity contribution is 0.0523. The number of carbonyl (C=O) groups excluding carboxylic acids is 2. The minimum absolute atomic E-state index is 0.0245. The first-order valence-electron chi connectivity index (χ1n) is 13.7. The summed E-state index contributed by atoms with van der Waals surface area (Å²) in [6, 6.07) is 13.8. The van der Waals surface area contributed by atoms with E-state index in [1.807, 2.05) is 69.4 Å². The molecule has 1 aliphatic heterocycles. The van der Waals surface area contributed by atoms with Gasteiger partial charge in [-0.2, -0.15) is 0 Å². The number of amides is 2. The van der Waals surface area contributed by atoms with Crippen molar-refractivity contribution < 1.29 is 14.3 Å². The first kappa shape index (κ1) is 27.1.